The van der Waals surface area contributed by atoms with Crippen LogP contribution in [0.25, 0.3) is 0 Å². The molecule has 1 aromatic heterocycles. The fourth-order valence-corrected chi connectivity index (χ4v) is 2.15. The van der Waals surface area contributed by atoms with Crippen LogP contribution in [-0.2, 0) is 6.54 Å². The van der Waals surface area contributed by atoms with Crippen LogP contribution < -0.4 is 0 Å². The van der Waals surface area contributed by atoms with E-state index in [1.807, 2.05) is 6.20 Å². The number of nitrogens with zero attached hydrogens (tertiary/aromatic N) is 2. The Bertz CT molecular complexity index is 315. The maximum absolute atomic E-state index is 9.07. The number of aliphatic hydroxyl groups excluding tert-OH is 1. The molecule has 1 saturated heterocycles. The zero-order chi connectivity index (χ0) is 11.4. The van der Waals surface area contributed by atoms with Crippen LogP contribution in [-0.4, -0.2) is 34.7 Å². The zero-order valence-electron chi connectivity index (χ0n) is 9.89. The highest BCUT2D eigenvalue weighted by Gasteiger charge is 2.18. The van der Waals surface area contributed by atoms with Crippen molar-refractivity contribution in [3.05, 3.63) is 29.6 Å². The molecule has 1 aliphatic rings. The van der Waals surface area contributed by atoms with E-state index in [0.717, 1.165) is 38.2 Å². The van der Waals surface area contributed by atoms with E-state index in [4.69, 9.17) is 5.11 Å². The lowest BCUT2D eigenvalue weighted by atomic mass is 9.98. The summed E-state index contributed by atoms with van der Waals surface area (Å²) in [6, 6.07) is 4.22. The quantitative estimate of drug-likeness (QED) is 0.840. The molecule has 0 radical (unpaired) electrons. The Kier molecular flexibility index (Phi) is 3.91. The summed E-state index contributed by atoms with van der Waals surface area (Å²) in [4.78, 5) is 6.84. The smallest absolute Gasteiger partial charge is 0.0544 e. The molecule has 0 aromatic carbocycles. The van der Waals surface area contributed by atoms with Gasteiger partial charge in [0, 0.05) is 19.3 Å². The van der Waals surface area contributed by atoms with E-state index in [1.165, 1.54) is 5.56 Å². The fraction of sp³-hybridized carbons (Fsp3) is 0.615. The van der Waals surface area contributed by atoms with Crippen LogP contribution in [0.4, 0.5) is 0 Å². The average Bonchev–Trinajstić information content (AvgIpc) is 2.33. The Labute approximate surface area is 97.1 Å². The van der Waals surface area contributed by atoms with E-state index in [2.05, 4.69) is 28.9 Å². The summed E-state index contributed by atoms with van der Waals surface area (Å²) in [5, 5.41) is 9.07. The van der Waals surface area contributed by atoms with Gasteiger partial charge in [0.15, 0.2) is 0 Å². The molecule has 1 fully saturated rings. The summed E-state index contributed by atoms with van der Waals surface area (Å²) in [6.45, 7) is 5.51. The Hall–Kier alpha value is -0.930. The first kappa shape index (κ1) is 11.6. The highest BCUT2D eigenvalue weighted by molar-refractivity contribution is 5.12. The summed E-state index contributed by atoms with van der Waals surface area (Å²) in [6.07, 6.45) is 4.15. The minimum Gasteiger partial charge on any atom is -0.396 e. The van der Waals surface area contributed by atoms with E-state index in [9.17, 15) is 0 Å². The van der Waals surface area contributed by atoms with Crippen LogP contribution in [0.15, 0.2) is 18.3 Å². The van der Waals surface area contributed by atoms with Crippen molar-refractivity contribution < 1.29 is 5.11 Å². The van der Waals surface area contributed by atoms with Crippen molar-refractivity contribution in [3.8, 4) is 0 Å². The molecule has 0 amide bonds. The highest BCUT2D eigenvalue weighted by atomic mass is 16.3. The molecule has 1 aliphatic heterocycles. The van der Waals surface area contributed by atoms with Gasteiger partial charge in [-0.2, -0.15) is 0 Å². The summed E-state index contributed by atoms with van der Waals surface area (Å²) in [5.41, 5.74) is 2.36. The maximum Gasteiger partial charge on any atom is 0.0544 e. The van der Waals surface area contributed by atoms with Gasteiger partial charge in [0.25, 0.3) is 0 Å². The number of rotatable bonds is 3. The number of aromatic nitrogens is 1. The van der Waals surface area contributed by atoms with Crippen molar-refractivity contribution in [1.29, 1.82) is 0 Å². The zero-order valence-corrected chi connectivity index (χ0v) is 9.89. The lowest BCUT2D eigenvalue weighted by Crippen LogP contribution is -2.34. The third kappa shape index (κ3) is 3.03. The van der Waals surface area contributed by atoms with Gasteiger partial charge in [-0.25, -0.2) is 0 Å². The van der Waals surface area contributed by atoms with Gasteiger partial charge < -0.3 is 5.11 Å². The Morgan fingerprint density at radius 1 is 1.38 bits per heavy atom. The van der Waals surface area contributed by atoms with Gasteiger partial charge in [-0.3, -0.25) is 9.88 Å². The van der Waals surface area contributed by atoms with Crippen LogP contribution in [0.2, 0.25) is 0 Å². The average molecular weight is 220 g/mol. The van der Waals surface area contributed by atoms with Crippen molar-refractivity contribution in [2.45, 2.75) is 26.3 Å². The van der Waals surface area contributed by atoms with Crippen LogP contribution in [0.5, 0.6) is 0 Å². The molecule has 0 aliphatic carbocycles. The molecule has 1 aromatic rings. The van der Waals surface area contributed by atoms with Crippen molar-refractivity contribution in [2.24, 2.45) is 5.92 Å². The van der Waals surface area contributed by atoms with Crippen LogP contribution >= 0.6 is 0 Å². The summed E-state index contributed by atoms with van der Waals surface area (Å²) < 4.78 is 0. The number of likely N-dealkylation sites (tertiary alicyclic amines) is 1. The first-order valence-corrected chi connectivity index (χ1v) is 6.02. The molecule has 2 heterocycles. The minimum atomic E-state index is 0.344. The maximum atomic E-state index is 9.07. The molecule has 0 spiro atoms. The summed E-state index contributed by atoms with van der Waals surface area (Å²) in [5.74, 6) is 0.516. The van der Waals surface area contributed by atoms with Crippen molar-refractivity contribution >= 4 is 0 Å². The lowest BCUT2D eigenvalue weighted by Gasteiger charge is -2.30. The number of hydrogen-bond acceptors (Lipinski definition) is 3. The summed E-state index contributed by atoms with van der Waals surface area (Å²) in [7, 11) is 0. The van der Waals surface area contributed by atoms with E-state index < -0.39 is 0 Å². The van der Waals surface area contributed by atoms with Gasteiger partial charge in [0.05, 0.1) is 5.69 Å². The molecule has 0 bridgehead atoms. The highest BCUT2D eigenvalue weighted by Crippen LogP contribution is 2.17. The molecule has 2 rings (SSSR count). The van der Waals surface area contributed by atoms with E-state index in [0.29, 0.717) is 12.5 Å². The predicted octanol–water partition coefficient (Wildman–Crippen LogP) is 1.59. The molecule has 0 unspecified atom stereocenters. The SMILES string of the molecule is Cc1ccc(CN2CCC(CO)CC2)nc1. The predicted molar refractivity (Wildman–Crippen MR) is 64.1 cm³/mol. The molecular weight excluding hydrogens is 200 g/mol. The normalized spacial score (nSPS) is 18.9. The lowest BCUT2D eigenvalue weighted by molar-refractivity contribution is 0.126. The van der Waals surface area contributed by atoms with Crippen LogP contribution in [0, 0.1) is 12.8 Å². The molecule has 1 N–H and O–H groups in total. The van der Waals surface area contributed by atoms with Gasteiger partial charge in [0.1, 0.15) is 0 Å². The molecule has 88 valence electrons. The van der Waals surface area contributed by atoms with Crippen LogP contribution in [0.3, 0.4) is 0 Å². The topological polar surface area (TPSA) is 36.4 Å². The fourth-order valence-electron chi connectivity index (χ4n) is 2.15. The Morgan fingerprint density at radius 2 is 2.12 bits per heavy atom. The van der Waals surface area contributed by atoms with Crippen molar-refractivity contribution in [1.82, 2.24) is 9.88 Å². The Morgan fingerprint density at radius 3 is 2.69 bits per heavy atom. The third-order valence-electron chi connectivity index (χ3n) is 3.32. The van der Waals surface area contributed by atoms with E-state index in [-0.39, 0.29) is 0 Å². The number of piperidine rings is 1. The molecular formula is C13H20N2O. The van der Waals surface area contributed by atoms with Crippen molar-refractivity contribution in [2.75, 3.05) is 19.7 Å². The number of aliphatic hydroxyl groups is 1. The molecule has 0 saturated carbocycles. The van der Waals surface area contributed by atoms with E-state index >= 15 is 0 Å². The van der Waals surface area contributed by atoms with Gasteiger partial charge in [0.2, 0.25) is 0 Å². The minimum absolute atomic E-state index is 0.344. The standard InChI is InChI=1S/C13H20N2O/c1-11-2-3-13(14-8-11)9-15-6-4-12(10-16)5-7-15/h2-3,8,12,16H,4-7,9-10H2,1H3. The van der Waals surface area contributed by atoms with E-state index in [1.54, 1.807) is 0 Å². The first-order valence-electron chi connectivity index (χ1n) is 6.02. The third-order valence-corrected chi connectivity index (χ3v) is 3.32. The van der Waals surface area contributed by atoms with Crippen LogP contribution in [0.1, 0.15) is 24.1 Å². The Balaban J connectivity index is 1.84. The van der Waals surface area contributed by atoms with Gasteiger partial charge in [-0.1, -0.05) is 6.07 Å². The van der Waals surface area contributed by atoms with Gasteiger partial charge >= 0.3 is 0 Å². The van der Waals surface area contributed by atoms with Crippen molar-refractivity contribution in [3.63, 3.8) is 0 Å². The van der Waals surface area contributed by atoms with Gasteiger partial charge in [-0.05, 0) is 50.4 Å². The molecule has 3 heteroatoms. The van der Waals surface area contributed by atoms with Gasteiger partial charge in [-0.15, -0.1) is 0 Å². The second-order valence-corrected chi connectivity index (χ2v) is 4.73. The number of hydrogen-bond donors (Lipinski definition) is 1. The summed E-state index contributed by atoms with van der Waals surface area (Å²) >= 11 is 0. The molecule has 16 heavy (non-hydrogen) atoms. The largest absolute Gasteiger partial charge is 0.396 e. The second-order valence-electron chi connectivity index (χ2n) is 4.73. The number of aryl methyl sites for hydroxylation is 1. The second kappa shape index (κ2) is 5.41. The monoisotopic (exact) mass is 220 g/mol. The number of pyridine rings is 1. The molecule has 0 atom stereocenters. The molecule has 3 nitrogen and oxygen atoms in total. The first-order chi connectivity index (χ1) is 7.78.